The first kappa shape index (κ1) is 22.0. The Bertz CT molecular complexity index is 372. The number of rotatable bonds is 17. The highest BCUT2D eigenvalue weighted by atomic mass is 32.1. The van der Waals surface area contributed by atoms with E-state index in [-0.39, 0.29) is 0 Å². The molecule has 0 aromatic carbocycles. The molecule has 0 fully saturated rings. The molecule has 0 amide bonds. The van der Waals surface area contributed by atoms with E-state index >= 15 is 0 Å². The predicted molar refractivity (Wildman–Crippen MR) is 117 cm³/mol. The van der Waals surface area contributed by atoms with Crippen molar-refractivity contribution in [3.63, 3.8) is 0 Å². The van der Waals surface area contributed by atoms with Gasteiger partial charge in [0, 0.05) is 15.1 Å². The first-order valence-electron chi connectivity index (χ1n) is 10.9. The lowest BCUT2D eigenvalue weighted by atomic mass is 10.0. The fraction of sp³-hybridized carbons (Fsp3) is 0.818. The molecule has 24 heavy (non-hydrogen) atoms. The summed E-state index contributed by atoms with van der Waals surface area (Å²) < 4.78 is 0. The predicted octanol–water partition coefficient (Wildman–Crippen LogP) is 6.54. The van der Waals surface area contributed by atoms with Crippen LogP contribution in [0.15, 0.2) is 11.4 Å². The molecular weight excluding hydrogens is 324 g/mol. The third kappa shape index (κ3) is 12.3. The molecule has 1 aromatic rings. The Morgan fingerprint density at radius 3 is 1.46 bits per heavy atom. The molecule has 2 heteroatoms. The van der Waals surface area contributed by atoms with Gasteiger partial charge in [0.1, 0.15) is 0 Å². The molecule has 1 rings (SSSR count). The van der Waals surface area contributed by atoms with Crippen LogP contribution in [-0.4, -0.2) is 10.2 Å². The minimum atomic E-state index is 1.23. The summed E-state index contributed by atoms with van der Waals surface area (Å²) in [6, 6.07) is 2.32. The van der Waals surface area contributed by atoms with Gasteiger partial charge in [0.15, 0.2) is 0 Å². The lowest BCUT2D eigenvalue weighted by molar-refractivity contribution is 0.530. The second kappa shape index (κ2) is 16.4. The molecule has 140 valence electrons. The summed E-state index contributed by atoms with van der Waals surface area (Å²) in [7, 11) is 1.23. The molecule has 0 saturated carbocycles. The van der Waals surface area contributed by atoms with Crippen LogP contribution in [0, 0.1) is 0 Å². The van der Waals surface area contributed by atoms with Crippen LogP contribution in [0.25, 0.3) is 0 Å². The summed E-state index contributed by atoms with van der Waals surface area (Å²) in [5.74, 6) is 0. The van der Waals surface area contributed by atoms with Crippen molar-refractivity contribution >= 4 is 26.8 Å². The van der Waals surface area contributed by atoms with Crippen LogP contribution in [0.5, 0.6) is 0 Å². The molecule has 0 N–H and O–H groups in total. The van der Waals surface area contributed by atoms with Gasteiger partial charge in [-0.2, -0.15) is 0 Å². The van der Waals surface area contributed by atoms with E-state index in [2.05, 4.69) is 18.4 Å². The minimum Gasteiger partial charge on any atom is -0.149 e. The average molecular weight is 367 g/mol. The van der Waals surface area contributed by atoms with Crippen molar-refractivity contribution in [2.45, 2.75) is 116 Å². The minimum absolute atomic E-state index is 1.23. The monoisotopic (exact) mass is 366 g/mol. The van der Waals surface area contributed by atoms with E-state index in [1.54, 1.807) is 10.1 Å². The van der Waals surface area contributed by atoms with Crippen LogP contribution in [0.2, 0.25) is 0 Å². The van der Waals surface area contributed by atoms with E-state index < -0.39 is 0 Å². The van der Waals surface area contributed by atoms with Gasteiger partial charge in [-0.15, -0.1) is 11.3 Å². The van der Waals surface area contributed by atoms with E-state index in [1.165, 1.54) is 119 Å². The third-order valence-corrected chi connectivity index (χ3v) is 7.61. The highest BCUT2D eigenvalue weighted by Gasteiger charge is 1.99. The standard InChI is InChI=1S/C22H42SSi/c1-2-3-4-5-6-7-8-9-10-11-12-13-14-15-16-17-18-21-22(24)19-20-23-21/h19-20H,2-18H2,1,24H3. The molecule has 1 heterocycles. The number of aryl methyl sites for hydroxylation is 1. The zero-order valence-corrected chi connectivity index (χ0v) is 19.4. The Hall–Kier alpha value is -0.0831. The number of unbranched alkanes of at least 4 members (excludes halogenated alkanes) is 15. The lowest BCUT2D eigenvalue weighted by Crippen LogP contribution is -2.03. The van der Waals surface area contributed by atoms with E-state index in [4.69, 9.17) is 0 Å². The first-order chi connectivity index (χ1) is 11.8. The third-order valence-electron chi connectivity index (χ3n) is 5.23. The van der Waals surface area contributed by atoms with Gasteiger partial charge in [-0.3, -0.25) is 0 Å². The maximum absolute atomic E-state index is 2.32. The van der Waals surface area contributed by atoms with Gasteiger partial charge in [0.2, 0.25) is 0 Å². The maximum atomic E-state index is 2.32. The normalized spacial score (nSPS) is 11.4. The summed E-state index contributed by atoms with van der Waals surface area (Å²) in [6.07, 6.45) is 24.7. The SMILES string of the molecule is CCCCCCCCCCCCCCCCCCc1sccc1[SiH3]. The van der Waals surface area contributed by atoms with Gasteiger partial charge in [-0.05, 0) is 18.2 Å². The highest BCUT2D eigenvalue weighted by Crippen LogP contribution is 2.15. The van der Waals surface area contributed by atoms with Crippen molar-refractivity contribution in [1.82, 2.24) is 0 Å². The van der Waals surface area contributed by atoms with Crippen molar-refractivity contribution in [2.75, 3.05) is 0 Å². The Balaban J connectivity index is 1.71. The molecule has 0 saturated heterocycles. The van der Waals surface area contributed by atoms with Crippen LogP contribution in [0.3, 0.4) is 0 Å². The second-order valence-corrected chi connectivity index (χ2v) is 9.66. The maximum Gasteiger partial charge on any atom is 0.0399 e. The summed E-state index contributed by atoms with van der Waals surface area (Å²) in [4.78, 5) is 1.67. The molecule has 0 aliphatic rings. The summed E-state index contributed by atoms with van der Waals surface area (Å²) in [5, 5.41) is 3.91. The topological polar surface area (TPSA) is 0 Å². The summed E-state index contributed by atoms with van der Waals surface area (Å²) >= 11 is 1.97. The summed E-state index contributed by atoms with van der Waals surface area (Å²) in [6.45, 7) is 2.30. The van der Waals surface area contributed by atoms with Crippen molar-refractivity contribution < 1.29 is 0 Å². The van der Waals surface area contributed by atoms with E-state index in [1.807, 2.05) is 11.3 Å². The van der Waals surface area contributed by atoms with Crippen molar-refractivity contribution in [2.24, 2.45) is 0 Å². The number of thiophene rings is 1. The Kier molecular flexibility index (Phi) is 15.0. The molecule has 0 atom stereocenters. The molecule has 1 aromatic heterocycles. The number of hydrogen-bond acceptors (Lipinski definition) is 1. The molecule has 0 aliphatic carbocycles. The zero-order valence-electron chi connectivity index (χ0n) is 16.6. The molecule has 0 radical (unpaired) electrons. The average Bonchev–Trinajstić information content (AvgIpc) is 2.99. The van der Waals surface area contributed by atoms with Gasteiger partial charge >= 0.3 is 0 Å². The second-order valence-electron chi connectivity index (χ2n) is 7.58. The fourth-order valence-corrected chi connectivity index (χ4v) is 5.46. The Labute approximate surface area is 159 Å². The molecule has 0 aliphatic heterocycles. The highest BCUT2D eigenvalue weighted by molar-refractivity contribution is 7.11. The van der Waals surface area contributed by atoms with Crippen molar-refractivity contribution in [1.29, 1.82) is 0 Å². The van der Waals surface area contributed by atoms with Gasteiger partial charge < -0.3 is 0 Å². The molecule has 0 spiro atoms. The van der Waals surface area contributed by atoms with Crippen molar-refractivity contribution in [3.05, 3.63) is 16.3 Å². The van der Waals surface area contributed by atoms with Crippen LogP contribution < -0.4 is 5.19 Å². The largest absolute Gasteiger partial charge is 0.149 e. The zero-order chi connectivity index (χ0) is 17.3. The Morgan fingerprint density at radius 2 is 1.08 bits per heavy atom. The molecule has 0 nitrogen and oxygen atoms in total. The number of hydrogen-bond donors (Lipinski definition) is 0. The Morgan fingerprint density at radius 1 is 0.667 bits per heavy atom. The van der Waals surface area contributed by atoms with Crippen LogP contribution >= 0.6 is 11.3 Å². The van der Waals surface area contributed by atoms with E-state index in [0.717, 1.165) is 0 Å². The van der Waals surface area contributed by atoms with Gasteiger partial charge in [0.05, 0.1) is 0 Å². The first-order valence-corrected chi connectivity index (χ1v) is 12.8. The lowest BCUT2D eigenvalue weighted by Gasteiger charge is -2.04. The van der Waals surface area contributed by atoms with Crippen molar-refractivity contribution in [3.8, 4) is 0 Å². The van der Waals surface area contributed by atoms with Gasteiger partial charge in [-0.1, -0.05) is 114 Å². The van der Waals surface area contributed by atoms with Gasteiger partial charge in [-0.25, -0.2) is 0 Å². The van der Waals surface area contributed by atoms with Gasteiger partial charge in [0.25, 0.3) is 0 Å². The quantitative estimate of drug-likeness (QED) is 0.217. The smallest absolute Gasteiger partial charge is 0.0399 e. The molecule has 0 unspecified atom stereocenters. The summed E-state index contributed by atoms with van der Waals surface area (Å²) in [5.41, 5.74) is 0. The molecular formula is C22H42SSi. The van der Waals surface area contributed by atoms with Crippen LogP contribution in [0.1, 0.15) is 115 Å². The van der Waals surface area contributed by atoms with E-state index in [9.17, 15) is 0 Å². The van der Waals surface area contributed by atoms with Crippen LogP contribution in [0.4, 0.5) is 0 Å². The van der Waals surface area contributed by atoms with E-state index in [0.29, 0.717) is 0 Å². The van der Waals surface area contributed by atoms with Crippen LogP contribution in [-0.2, 0) is 6.42 Å². The molecule has 0 bridgehead atoms. The fourth-order valence-electron chi connectivity index (χ4n) is 3.49.